The lowest BCUT2D eigenvalue weighted by Gasteiger charge is -2.37. The Labute approximate surface area is 201 Å². The van der Waals surface area contributed by atoms with E-state index >= 15 is 0 Å². The van der Waals surface area contributed by atoms with Crippen molar-refractivity contribution in [3.05, 3.63) is 60.0 Å². The van der Waals surface area contributed by atoms with Gasteiger partial charge < -0.3 is 19.1 Å². The van der Waals surface area contributed by atoms with Crippen molar-refractivity contribution in [2.75, 3.05) is 25.1 Å². The fourth-order valence-corrected chi connectivity index (χ4v) is 4.40. The molecule has 7 heteroatoms. The molecule has 4 rings (SSSR count). The van der Waals surface area contributed by atoms with Crippen LogP contribution in [0, 0.1) is 12.8 Å². The van der Waals surface area contributed by atoms with E-state index in [9.17, 15) is 4.79 Å². The highest BCUT2D eigenvalue weighted by atomic mass is 16.5. The van der Waals surface area contributed by atoms with Crippen molar-refractivity contribution in [3.63, 3.8) is 0 Å². The van der Waals surface area contributed by atoms with E-state index in [1.54, 1.807) is 7.11 Å². The molecule has 0 aliphatic carbocycles. The molecule has 34 heavy (non-hydrogen) atoms. The molecule has 3 aromatic rings. The fraction of sp³-hybridized carbons (Fsp3) is 0.444. The molecule has 0 N–H and O–H groups in total. The number of anilines is 1. The van der Waals surface area contributed by atoms with Gasteiger partial charge in [-0.1, -0.05) is 29.8 Å². The van der Waals surface area contributed by atoms with Crippen LogP contribution in [0.5, 0.6) is 5.75 Å². The van der Waals surface area contributed by atoms with Crippen LogP contribution in [0.3, 0.4) is 0 Å². The van der Waals surface area contributed by atoms with Crippen LogP contribution in [0.2, 0.25) is 0 Å². The smallest absolute Gasteiger partial charge is 0.246 e. The number of methoxy groups -OCH3 is 1. The topological polar surface area (TPSA) is 71.7 Å². The third kappa shape index (κ3) is 5.41. The second-order valence-electron chi connectivity index (χ2n) is 9.08. The van der Waals surface area contributed by atoms with Gasteiger partial charge in [-0.05, 0) is 69.5 Å². The maximum Gasteiger partial charge on any atom is 0.246 e. The van der Waals surface area contributed by atoms with Gasteiger partial charge in [-0.2, -0.15) is 4.98 Å². The molecule has 2 atom stereocenters. The predicted molar refractivity (Wildman–Crippen MR) is 133 cm³/mol. The Morgan fingerprint density at radius 3 is 2.62 bits per heavy atom. The maximum atomic E-state index is 13.7. The van der Waals surface area contributed by atoms with Crippen molar-refractivity contribution in [2.45, 2.75) is 52.6 Å². The molecule has 1 aliphatic rings. The Hall–Kier alpha value is -3.35. The first-order valence-corrected chi connectivity index (χ1v) is 12.1. The highest BCUT2D eigenvalue weighted by Gasteiger charge is 2.32. The summed E-state index contributed by atoms with van der Waals surface area (Å²) in [4.78, 5) is 22.5. The zero-order chi connectivity index (χ0) is 24.1. The molecule has 0 spiro atoms. The molecule has 2 heterocycles. The van der Waals surface area contributed by atoms with E-state index in [0.29, 0.717) is 18.3 Å². The van der Waals surface area contributed by atoms with E-state index in [2.05, 4.69) is 60.1 Å². The van der Waals surface area contributed by atoms with Crippen LogP contribution >= 0.6 is 0 Å². The highest BCUT2D eigenvalue weighted by molar-refractivity contribution is 5.80. The molecule has 2 aromatic carbocycles. The summed E-state index contributed by atoms with van der Waals surface area (Å²) in [7, 11) is 1.63. The minimum absolute atomic E-state index is 0.0481. The molecule has 1 amide bonds. The van der Waals surface area contributed by atoms with Crippen LogP contribution in [-0.4, -0.2) is 47.2 Å². The number of hydrogen-bond donors (Lipinski definition) is 0. The number of piperidine rings is 1. The Balaban J connectivity index is 1.47. The maximum absolute atomic E-state index is 13.7. The van der Waals surface area contributed by atoms with Gasteiger partial charge in [0, 0.05) is 30.4 Å². The van der Waals surface area contributed by atoms with Gasteiger partial charge in [-0.3, -0.25) is 4.79 Å². The Bertz CT molecular complexity index is 1080. The number of carbonyl (C=O) groups is 1. The molecule has 7 nitrogen and oxygen atoms in total. The number of aromatic nitrogens is 2. The summed E-state index contributed by atoms with van der Waals surface area (Å²) >= 11 is 0. The zero-order valence-electron chi connectivity index (χ0n) is 20.5. The number of carbonyl (C=O) groups excluding carboxylic acids is 1. The van der Waals surface area contributed by atoms with Crippen LogP contribution in [0.25, 0.3) is 11.4 Å². The molecule has 0 radical (unpaired) electrons. The molecule has 1 aromatic heterocycles. The molecule has 0 bridgehead atoms. The quantitative estimate of drug-likeness (QED) is 0.464. The van der Waals surface area contributed by atoms with Crippen molar-refractivity contribution < 1.29 is 14.1 Å². The average molecular weight is 463 g/mol. The summed E-state index contributed by atoms with van der Waals surface area (Å²) in [6, 6.07) is 16.1. The van der Waals surface area contributed by atoms with Crippen molar-refractivity contribution in [2.24, 2.45) is 5.92 Å². The van der Waals surface area contributed by atoms with Gasteiger partial charge in [-0.15, -0.1) is 0 Å². The van der Waals surface area contributed by atoms with Gasteiger partial charge in [0.05, 0.1) is 13.0 Å². The van der Waals surface area contributed by atoms with E-state index in [1.807, 2.05) is 29.2 Å². The largest absolute Gasteiger partial charge is 0.497 e. The second kappa shape index (κ2) is 10.7. The number of rotatable bonds is 8. The van der Waals surface area contributed by atoms with Gasteiger partial charge in [0.1, 0.15) is 12.3 Å². The first-order chi connectivity index (χ1) is 16.5. The molecule has 1 saturated heterocycles. The van der Waals surface area contributed by atoms with Gasteiger partial charge in [0.2, 0.25) is 17.6 Å². The molecule has 0 saturated carbocycles. The monoisotopic (exact) mass is 462 g/mol. The van der Waals surface area contributed by atoms with Gasteiger partial charge in [-0.25, -0.2) is 0 Å². The van der Waals surface area contributed by atoms with Crippen LogP contribution in [0.15, 0.2) is 53.1 Å². The number of benzene rings is 2. The van der Waals surface area contributed by atoms with E-state index in [4.69, 9.17) is 9.26 Å². The van der Waals surface area contributed by atoms with E-state index in [-0.39, 0.29) is 17.9 Å². The first-order valence-electron chi connectivity index (χ1n) is 12.1. The Morgan fingerprint density at radius 2 is 1.94 bits per heavy atom. The van der Waals surface area contributed by atoms with E-state index < -0.39 is 0 Å². The number of hydrogen-bond acceptors (Lipinski definition) is 6. The van der Waals surface area contributed by atoms with Crippen LogP contribution in [0.1, 0.15) is 44.6 Å². The van der Waals surface area contributed by atoms with E-state index in [0.717, 1.165) is 43.7 Å². The van der Waals surface area contributed by atoms with Crippen molar-refractivity contribution >= 4 is 11.6 Å². The molecular formula is C27H34N4O3. The lowest BCUT2D eigenvalue weighted by atomic mass is 9.95. The minimum atomic E-state index is -0.0481. The summed E-state index contributed by atoms with van der Waals surface area (Å²) in [6.07, 6.45) is 2.76. The third-order valence-electron chi connectivity index (χ3n) is 6.70. The van der Waals surface area contributed by atoms with Gasteiger partial charge in [0.15, 0.2) is 0 Å². The molecule has 1 fully saturated rings. The van der Waals surface area contributed by atoms with Crippen molar-refractivity contribution in [1.82, 2.24) is 15.0 Å². The second-order valence-corrected chi connectivity index (χ2v) is 9.08. The fourth-order valence-electron chi connectivity index (χ4n) is 4.40. The zero-order valence-corrected chi connectivity index (χ0v) is 20.5. The summed E-state index contributed by atoms with van der Waals surface area (Å²) < 4.78 is 10.8. The normalized spacial score (nSPS) is 16.8. The lowest BCUT2D eigenvalue weighted by molar-refractivity contribution is -0.139. The number of ether oxygens (including phenoxy) is 1. The van der Waals surface area contributed by atoms with Crippen molar-refractivity contribution in [1.29, 1.82) is 0 Å². The summed E-state index contributed by atoms with van der Waals surface area (Å²) in [5, 5.41) is 4.14. The SMILES string of the molecule is CC[C@@H](C)N(Cc1nc(-c2ccc(OC)cc2)no1)C(=O)[C@H]1CCCN(c2ccc(C)cc2)C1. The predicted octanol–water partition coefficient (Wildman–Crippen LogP) is 5.10. The van der Waals surface area contributed by atoms with Crippen LogP contribution in [0.4, 0.5) is 5.69 Å². The van der Waals surface area contributed by atoms with Crippen LogP contribution < -0.4 is 9.64 Å². The first kappa shape index (κ1) is 23.8. The molecule has 180 valence electrons. The molecule has 1 aliphatic heterocycles. The molecule has 0 unspecified atom stereocenters. The van der Waals surface area contributed by atoms with Crippen LogP contribution in [-0.2, 0) is 11.3 Å². The summed E-state index contributed by atoms with van der Waals surface area (Å²) in [6.45, 7) is 8.30. The number of aryl methyl sites for hydroxylation is 1. The number of nitrogens with zero attached hydrogens (tertiary/aromatic N) is 4. The third-order valence-corrected chi connectivity index (χ3v) is 6.70. The average Bonchev–Trinajstić information content (AvgIpc) is 3.35. The lowest BCUT2D eigenvalue weighted by Crippen LogP contribution is -2.47. The summed E-state index contributed by atoms with van der Waals surface area (Å²) in [5.41, 5.74) is 3.27. The standard InChI is InChI=1S/C27H34N4O3/c1-5-20(3)31(18-25-28-26(29-34-25)21-10-14-24(33-4)15-11-21)27(32)22-7-6-16-30(17-22)23-12-8-19(2)9-13-23/h8-15,20,22H,5-7,16-18H2,1-4H3/t20-,22+/m1/s1. The van der Waals surface area contributed by atoms with Crippen molar-refractivity contribution in [3.8, 4) is 17.1 Å². The number of amides is 1. The van der Waals surface area contributed by atoms with E-state index in [1.165, 1.54) is 11.3 Å². The Kier molecular flexibility index (Phi) is 7.50. The highest BCUT2D eigenvalue weighted by Crippen LogP contribution is 2.27. The molecular weight excluding hydrogens is 428 g/mol. The van der Waals surface area contributed by atoms with Gasteiger partial charge in [0.25, 0.3) is 0 Å². The Morgan fingerprint density at radius 1 is 1.21 bits per heavy atom. The summed E-state index contributed by atoms with van der Waals surface area (Å²) in [5.74, 6) is 1.85. The van der Waals surface area contributed by atoms with Gasteiger partial charge >= 0.3 is 0 Å². The minimum Gasteiger partial charge on any atom is -0.497 e.